The molecule has 0 unspecified atom stereocenters. The monoisotopic (exact) mass is 178 g/mol. The van der Waals surface area contributed by atoms with Gasteiger partial charge in [-0.05, 0) is 0 Å². The molecule has 0 bridgehead atoms. The van der Waals surface area contributed by atoms with Gasteiger partial charge in [0.05, 0.1) is 13.2 Å². The molecule has 1 radical (unpaired) electrons. The van der Waals surface area contributed by atoms with Crippen LogP contribution >= 0.6 is 0 Å². The molecule has 0 amide bonds. The van der Waals surface area contributed by atoms with Gasteiger partial charge >= 0.3 is 6.16 Å². The summed E-state index contributed by atoms with van der Waals surface area (Å²) in [6.45, 7) is -0.111. The highest BCUT2D eigenvalue weighted by Crippen LogP contribution is 1.88. The first kappa shape index (κ1) is 10.5. The molecular weight excluding hydrogens is 170 g/mol. The molecule has 0 atom stereocenters. The fourth-order valence-electron chi connectivity index (χ4n) is 0.395. The second-order valence-electron chi connectivity index (χ2n) is 1.65. The lowest BCUT2D eigenvalue weighted by Crippen LogP contribution is -2.08. The molecule has 0 spiro atoms. The highest BCUT2D eigenvalue weighted by Gasteiger charge is 2.00. The van der Waals surface area contributed by atoms with Crippen LogP contribution in [0, 0.1) is 17.2 Å². The van der Waals surface area contributed by atoms with E-state index in [-0.39, 0.29) is 19.6 Å². The van der Waals surface area contributed by atoms with E-state index in [0.29, 0.717) is 0 Å². The zero-order valence-electron chi connectivity index (χ0n) is 6.23. The quantitative estimate of drug-likeness (QED) is 0.264. The van der Waals surface area contributed by atoms with Gasteiger partial charge < -0.3 is 14.3 Å². The number of rotatable bonds is 5. The van der Waals surface area contributed by atoms with Crippen LogP contribution in [0.3, 0.4) is 0 Å². The Morgan fingerprint density at radius 1 is 1.50 bits per heavy atom. The van der Waals surface area contributed by atoms with Crippen LogP contribution in [-0.2, 0) is 14.3 Å². The zero-order chi connectivity index (χ0) is 9.40. The van der Waals surface area contributed by atoms with Crippen molar-refractivity contribution < 1.29 is 24.2 Å². The van der Waals surface area contributed by atoms with Crippen molar-refractivity contribution in [1.82, 2.24) is 0 Å². The Hall–Kier alpha value is -1.53. The van der Waals surface area contributed by atoms with Crippen LogP contribution in [0.25, 0.3) is 0 Å². The summed E-state index contributed by atoms with van der Waals surface area (Å²) in [7, 11) is 2.80. The van der Waals surface area contributed by atoms with E-state index in [9.17, 15) is 14.9 Å². The van der Waals surface area contributed by atoms with Gasteiger partial charge in [0.1, 0.15) is 7.11 Å². The van der Waals surface area contributed by atoms with Gasteiger partial charge in [-0.25, -0.2) is 4.79 Å². The third kappa shape index (κ3) is 6.59. The maximum Gasteiger partial charge on any atom is 0.508 e. The molecule has 12 heavy (non-hydrogen) atoms. The summed E-state index contributed by atoms with van der Waals surface area (Å²) in [5, 5.41) is 8.68. The fraction of sp³-hybridized carbons (Fsp3) is 0.600. The van der Waals surface area contributed by atoms with Crippen LogP contribution < -0.4 is 0 Å². The molecule has 0 aliphatic heterocycles. The van der Waals surface area contributed by atoms with E-state index in [4.69, 9.17) is 0 Å². The number of carbonyl (C=O) groups excluding carboxylic acids is 1. The van der Waals surface area contributed by atoms with E-state index in [0.717, 1.165) is 0 Å². The van der Waals surface area contributed by atoms with Crippen LogP contribution in [0.2, 0.25) is 0 Å². The average Bonchev–Trinajstić information content (AvgIpc) is 2.03. The maximum atomic E-state index is 10.2. The predicted molar refractivity (Wildman–Crippen MR) is 35.4 cm³/mol. The van der Waals surface area contributed by atoms with Crippen LogP contribution in [0.1, 0.15) is 6.42 Å². The number of hydrogen-bond acceptors (Lipinski definition) is 6. The van der Waals surface area contributed by atoms with Crippen molar-refractivity contribution in [2.75, 3.05) is 13.2 Å². The zero-order valence-corrected chi connectivity index (χ0v) is 6.23. The van der Waals surface area contributed by atoms with Gasteiger partial charge in [0, 0.05) is 6.42 Å². The predicted octanol–water partition coefficient (Wildman–Crippen LogP) is 0.530. The van der Waals surface area contributed by atoms with Gasteiger partial charge in [0.2, 0.25) is 0 Å². The summed E-state index contributed by atoms with van der Waals surface area (Å²) in [6.07, 6.45) is -0.688. The molecule has 0 saturated heterocycles. The molecule has 0 fully saturated rings. The SMILES string of the molecule is [CH2]OC(=O)OCCCO[N+](=O)[O-]. The Labute approximate surface area is 68.3 Å². The van der Waals surface area contributed by atoms with Gasteiger partial charge in [-0.1, -0.05) is 0 Å². The topological polar surface area (TPSA) is 87.9 Å². The summed E-state index contributed by atoms with van der Waals surface area (Å²) < 4.78 is 8.24. The molecule has 0 heterocycles. The Morgan fingerprint density at radius 2 is 2.17 bits per heavy atom. The number of carbonyl (C=O) groups is 1. The lowest BCUT2D eigenvalue weighted by atomic mass is 10.5. The normalized spacial score (nSPS) is 8.75. The van der Waals surface area contributed by atoms with Crippen molar-refractivity contribution in [2.24, 2.45) is 0 Å². The van der Waals surface area contributed by atoms with Crippen LogP contribution in [0.4, 0.5) is 4.79 Å². The molecule has 0 aromatic heterocycles. The molecule has 0 N–H and O–H groups in total. The number of hydrogen-bond donors (Lipinski definition) is 0. The van der Waals surface area contributed by atoms with E-state index in [1.807, 2.05) is 0 Å². The Morgan fingerprint density at radius 3 is 2.67 bits per heavy atom. The van der Waals surface area contributed by atoms with Crippen molar-refractivity contribution in [2.45, 2.75) is 6.42 Å². The van der Waals surface area contributed by atoms with E-state index in [1.54, 1.807) is 0 Å². The minimum atomic E-state index is -0.920. The second-order valence-corrected chi connectivity index (χ2v) is 1.65. The Balaban J connectivity index is 3.11. The molecular formula is C5H8NO6. The maximum absolute atomic E-state index is 10.2. The summed E-state index contributed by atoms with van der Waals surface area (Å²) in [5.74, 6) is 0. The van der Waals surface area contributed by atoms with E-state index in [1.165, 1.54) is 0 Å². The van der Waals surface area contributed by atoms with Crippen molar-refractivity contribution in [1.29, 1.82) is 0 Å². The third-order valence-corrected chi connectivity index (χ3v) is 0.823. The van der Waals surface area contributed by atoms with Gasteiger partial charge in [-0.15, -0.1) is 10.1 Å². The Bertz CT molecular complexity index is 158. The van der Waals surface area contributed by atoms with Crippen LogP contribution in [0.15, 0.2) is 0 Å². The van der Waals surface area contributed by atoms with E-state index in [2.05, 4.69) is 21.4 Å². The van der Waals surface area contributed by atoms with Gasteiger partial charge in [-0.2, -0.15) is 0 Å². The smallest absolute Gasteiger partial charge is 0.434 e. The summed E-state index contributed by atoms with van der Waals surface area (Å²) in [6, 6.07) is 0. The van der Waals surface area contributed by atoms with Gasteiger partial charge in [0.25, 0.3) is 5.09 Å². The lowest BCUT2D eigenvalue weighted by Gasteiger charge is -2.00. The number of nitrogens with zero attached hydrogens (tertiary/aromatic N) is 1. The third-order valence-electron chi connectivity index (χ3n) is 0.823. The van der Waals surface area contributed by atoms with Crippen molar-refractivity contribution in [3.05, 3.63) is 17.2 Å². The minimum absolute atomic E-state index is 0.00218. The molecule has 0 aromatic carbocycles. The standard InChI is InChI=1S/C5H8NO6/c1-10-5(7)11-3-2-4-12-6(8)9/h1-4H2. The molecule has 69 valence electrons. The number of ether oxygens (including phenoxy) is 2. The lowest BCUT2D eigenvalue weighted by molar-refractivity contribution is -0.757. The van der Waals surface area contributed by atoms with Crippen LogP contribution in [-0.4, -0.2) is 24.5 Å². The van der Waals surface area contributed by atoms with E-state index >= 15 is 0 Å². The summed E-state index contributed by atoms with van der Waals surface area (Å²) in [5.41, 5.74) is 0. The molecule has 0 rings (SSSR count). The first-order valence-electron chi connectivity index (χ1n) is 3.03. The molecule has 0 aliphatic rings. The van der Waals surface area contributed by atoms with Crippen molar-refractivity contribution >= 4 is 6.16 Å². The fourth-order valence-corrected chi connectivity index (χ4v) is 0.395. The average molecular weight is 178 g/mol. The molecule has 0 saturated carbocycles. The highest BCUT2D eigenvalue weighted by atomic mass is 16.9. The minimum Gasteiger partial charge on any atom is -0.434 e. The summed E-state index contributed by atoms with van der Waals surface area (Å²) >= 11 is 0. The molecule has 7 nitrogen and oxygen atoms in total. The first-order chi connectivity index (χ1) is 5.66. The first-order valence-corrected chi connectivity index (χ1v) is 3.03. The van der Waals surface area contributed by atoms with E-state index < -0.39 is 11.2 Å². The van der Waals surface area contributed by atoms with Gasteiger partial charge in [0.15, 0.2) is 0 Å². The second kappa shape index (κ2) is 6.20. The Kier molecular flexibility index (Phi) is 5.41. The van der Waals surface area contributed by atoms with Crippen LogP contribution in [0.5, 0.6) is 0 Å². The highest BCUT2D eigenvalue weighted by molar-refractivity contribution is 5.59. The largest absolute Gasteiger partial charge is 0.508 e. The van der Waals surface area contributed by atoms with Crippen molar-refractivity contribution in [3.63, 3.8) is 0 Å². The molecule has 7 heteroatoms. The molecule has 0 aliphatic carbocycles. The molecule has 0 aromatic rings. The van der Waals surface area contributed by atoms with Crippen molar-refractivity contribution in [3.8, 4) is 0 Å². The van der Waals surface area contributed by atoms with Gasteiger partial charge in [-0.3, -0.25) is 0 Å². The summed E-state index contributed by atoms with van der Waals surface area (Å²) in [4.78, 5) is 23.8.